The van der Waals surface area contributed by atoms with Gasteiger partial charge in [-0.2, -0.15) is 0 Å². The maximum Gasteiger partial charge on any atom is 0.321 e. The van der Waals surface area contributed by atoms with Crippen LogP contribution in [0.2, 0.25) is 0 Å². The minimum absolute atomic E-state index is 0.00433. The Bertz CT molecular complexity index is 367. The number of benzene rings is 1. The molecule has 0 bridgehead atoms. The summed E-state index contributed by atoms with van der Waals surface area (Å²) in [5, 5.41) is 2.78. The highest BCUT2D eigenvalue weighted by molar-refractivity contribution is 5.76. The van der Waals surface area contributed by atoms with Crippen LogP contribution >= 0.6 is 0 Å². The molecule has 1 aromatic carbocycles. The van der Waals surface area contributed by atoms with Gasteiger partial charge in [-0.05, 0) is 24.5 Å². The highest BCUT2D eigenvalue weighted by atomic mass is 16.2. The topological polar surface area (TPSA) is 32.3 Å². The lowest BCUT2D eigenvalue weighted by atomic mass is 10.2. The molecule has 0 unspecified atom stereocenters. The molecule has 0 atom stereocenters. The van der Waals surface area contributed by atoms with E-state index >= 15 is 0 Å². The van der Waals surface area contributed by atoms with Crippen molar-refractivity contribution in [1.82, 2.24) is 10.2 Å². The molecule has 0 aliphatic carbocycles. The van der Waals surface area contributed by atoms with Crippen molar-refractivity contribution < 1.29 is 4.79 Å². The normalized spacial score (nSPS) is 15.6. The second-order valence-electron chi connectivity index (χ2n) is 3.89. The third-order valence-electron chi connectivity index (χ3n) is 2.68. The number of amides is 2. The minimum Gasteiger partial charge on any atom is -0.325 e. The lowest BCUT2D eigenvalue weighted by Gasteiger charge is -2.13. The molecule has 2 rings (SSSR count). The Balaban J connectivity index is 1.82. The molecule has 0 spiro atoms. The van der Waals surface area contributed by atoms with Crippen LogP contribution in [0.15, 0.2) is 36.5 Å². The van der Waals surface area contributed by atoms with E-state index in [2.05, 4.69) is 5.32 Å². The van der Waals surface area contributed by atoms with Crippen LogP contribution in [-0.2, 0) is 0 Å². The van der Waals surface area contributed by atoms with Crippen LogP contribution in [0.1, 0.15) is 18.4 Å². The Kier molecular flexibility index (Phi) is 3.59. The van der Waals surface area contributed by atoms with Crippen molar-refractivity contribution >= 4 is 12.1 Å². The number of likely N-dealkylation sites (tertiary alicyclic amines) is 1. The molecule has 2 amide bonds. The second-order valence-corrected chi connectivity index (χ2v) is 3.89. The van der Waals surface area contributed by atoms with Crippen molar-refractivity contribution in [2.75, 3.05) is 13.1 Å². The van der Waals surface area contributed by atoms with E-state index in [1.165, 1.54) is 0 Å². The third-order valence-corrected chi connectivity index (χ3v) is 2.68. The van der Waals surface area contributed by atoms with Gasteiger partial charge in [-0.1, -0.05) is 30.3 Å². The Morgan fingerprint density at radius 3 is 2.56 bits per heavy atom. The summed E-state index contributed by atoms with van der Waals surface area (Å²) in [4.78, 5) is 13.4. The first-order chi connectivity index (χ1) is 7.86. The third kappa shape index (κ3) is 2.86. The van der Waals surface area contributed by atoms with E-state index in [-0.39, 0.29) is 6.03 Å². The number of nitrogens with one attached hydrogen (secondary N) is 1. The molecule has 1 saturated heterocycles. The number of urea groups is 1. The Hall–Kier alpha value is -1.77. The predicted molar refractivity (Wildman–Crippen MR) is 64.8 cm³/mol. The Morgan fingerprint density at radius 1 is 1.19 bits per heavy atom. The summed E-state index contributed by atoms with van der Waals surface area (Å²) in [7, 11) is 0. The fourth-order valence-electron chi connectivity index (χ4n) is 1.78. The molecule has 84 valence electrons. The number of carbonyl (C=O) groups is 1. The molecule has 16 heavy (non-hydrogen) atoms. The van der Waals surface area contributed by atoms with E-state index in [1.807, 2.05) is 41.3 Å². The van der Waals surface area contributed by atoms with Gasteiger partial charge in [0, 0.05) is 19.3 Å². The first kappa shape index (κ1) is 10.7. The Morgan fingerprint density at radius 2 is 1.88 bits per heavy atom. The van der Waals surface area contributed by atoms with Crippen LogP contribution in [0.4, 0.5) is 4.79 Å². The maximum absolute atomic E-state index is 11.6. The van der Waals surface area contributed by atoms with E-state index in [4.69, 9.17) is 0 Å². The van der Waals surface area contributed by atoms with Crippen LogP contribution < -0.4 is 5.32 Å². The number of hydrogen-bond acceptors (Lipinski definition) is 1. The van der Waals surface area contributed by atoms with Crippen LogP contribution in [-0.4, -0.2) is 24.0 Å². The summed E-state index contributed by atoms with van der Waals surface area (Å²) in [5.41, 5.74) is 1.09. The van der Waals surface area contributed by atoms with E-state index in [1.54, 1.807) is 6.20 Å². The van der Waals surface area contributed by atoms with E-state index in [9.17, 15) is 4.79 Å². The van der Waals surface area contributed by atoms with Crippen LogP contribution in [0.3, 0.4) is 0 Å². The van der Waals surface area contributed by atoms with Crippen molar-refractivity contribution in [2.24, 2.45) is 0 Å². The summed E-state index contributed by atoms with van der Waals surface area (Å²) in [5.74, 6) is 0. The monoisotopic (exact) mass is 216 g/mol. The molecule has 1 aromatic rings. The lowest BCUT2D eigenvalue weighted by Crippen LogP contribution is -2.34. The molecule has 1 fully saturated rings. The standard InChI is InChI=1S/C13H16N2O/c16-13(15-10-4-5-11-15)14-9-8-12-6-2-1-3-7-12/h1-3,6-9H,4-5,10-11H2,(H,14,16)/b9-8+. The number of carbonyl (C=O) groups excluding carboxylic acids is 1. The molecule has 1 heterocycles. The molecule has 0 aromatic heterocycles. The lowest BCUT2D eigenvalue weighted by molar-refractivity contribution is 0.212. The SMILES string of the molecule is O=C(N/C=C/c1ccccc1)N1CCCC1. The Labute approximate surface area is 95.8 Å². The predicted octanol–water partition coefficient (Wildman–Crippen LogP) is 2.46. The largest absolute Gasteiger partial charge is 0.325 e. The average molecular weight is 216 g/mol. The van der Waals surface area contributed by atoms with Gasteiger partial charge in [-0.25, -0.2) is 4.79 Å². The molecule has 0 saturated carbocycles. The van der Waals surface area contributed by atoms with Crippen LogP contribution in [0, 0.1) is 0 Å². The highest BCUT2D eigenvalue weighted by Gasteiger charge is 2.15. The van der Waals surface area contributed by atoms with Crippen LogP contribution in [0.25, 0.3) is 6.08 Å². The van der Waals surface area contributed by atoms with Crippen molar-refractivity contribution in [3.05, 3.63) is 42.1 Å². The smallest absolute Gasteiger partial charge is 0.321 e. The van der Waals surface area contributed by atoms with Crippen molar-refractivity contribution in [1.29, 1.82) is 0 Å². The zero-order valence-corrected chi connectivity index (χ0v) is 9.23. The molecule has 1 aliphatic rings. The minimum atomic E-state index is 0.00433. The fraction of sp³-hybridized carbons (Fsp3) is 0.308. The number of nitrogens with zero attached hydrogens (tertiary/aromatic N) is 1. The van der Waals surface area contributed by atoms with Gasteiger partial charge in [0.2, 0.25) is 0 Å². The average Bonchev–Trinajstić information content (AvgIpc) is 2.84. The molecule has 3 nitrogen and oxygen atoms in total. The summed E-state index contributed by atoms with van der Waals surface area (Å²) in [6.45, 7) is 1.76. The summed E-state index contributed by atoms with van der Waals surface area (Å²) in [6.07, 6.45) is 5.84. The van der Waals surface area contributed by atoms with Crippen molar-refractivity contribution in [2.45, 2.75) is 12.8 Å². The number of hydrogen-bond donors (Lipinski definition) is 1. The number of rotatable bonds is 2. The zero-order chi connectivity index (χ0) is 11.2. The fourth-order valence-corrected chi connectivity index (χ4v) is 1.78. The van der Waals surface area contributed by atoms with Gasteiger partial charge in [-0.15, -0.1) is 0 Å². The van der Waals surface area contributed by atoms with Gasteiger partial charge in [0.15, 0.2) is 0 Å². The molecular weight excluding hydrogens is 200 g/mol. The quantitative estimate of drug-likeness (QED) is 0.809. The molecule has 0 radical (unpaired) electrons. The molecule has 1 aliphatic heterocycles. The summed E-state index contributed by atoms with van der Waals surface area (Å²) in [6, 6.07) is 9.92. The van der Waals surface area contributed by atoms with E-state index < -0.39 is 0 Å². The zero-order valence-electron chi connectivity index (χ0n) is 9.23. The van der Waals surface area contributed by atoms with Gasteiger partial charge >= 0.3 is 6.03 Å². The first-order valence-corrected chi connectivity index (χ1v) is 5.63. The highest BCUT2D eigenvalue weighted by Crippen LogP contribution is 2.07. The van der Waals surface area contributed by atoms with Crippen LogP contribution in [0.5, 0.6) is 0 Å². The van der Waals surface area contributed by atoms with E-state index in [0.29, 0.717) is 0 Å². The van der Waals surface area contributed by atoms with E-state index in [0.717, 1.165) is 31.5 Å². The first-order valence-electron chi connectivity index (χ1n) is 5.63. The maximum atomic E-state index is 11.6. The van der Waals surface area contributed by atoms with Crippen molar-refractivity contribution in [3.63, 3.8) is 0 Å². The molecular formula is C13H16N2O. The second kappa shape index (κ2) is 5.35. The van der Waals surface area contributed by atoms with Gasteiger partial charge < -0.3 is 10.2 Å². The molecule has 3 heteroatoms. The molecule has 1 N–H and O–H groups in total. The summed E-state index contributed by atoms with van der Waals surface area (Å²) < 4.78 is 0. The van der Waals surface area contributed by atoms with Gasteiger partial charge in [-0.3, -0.25) is 0 Å². The van der Waals surface area contributed by atoms with Crippen molar-refractivity contribution in [3.8, 4) is 0 Å². The van der Waals surface area contributed by atoms with Gasteiger partial charge in [0.25, 0.3) is 0 Å². The summed E-state index contributed by atoms with van der Waals surface area (Å²) >= 11 is 0. The van der Waals surface area contributed by atoms with Gasteiger partial charge in [0.05, 0.1) is 0 Å². The van der Waals surface area contributed by atoms with Gasteiger partial charge in [0.1, 0.15) is 0 Å².